The Labute approximate surface area is 125 Å². The molecule has 0 atom stereocenters. The van der Waals surface area contributed by atoms with Crippen molar-refractivity contribution in [1.82, 2.24) is 10.1 Å². The van der Waals surface area contributed by atoms with Crippen LogP contribution >= 0.6 is 0 Å². The van der Waals surface area contributed by atoms with E-state index in [1.54, 1.807) is 42.7 Å². The van der Waals surface area contributed by atoms with Gasteiger partial charge in [-0.05, 0) is 23.8 Å². The van der Waals surface area contributed by atoms with Gasteiger partial charge in [-0.3, -0.25) is 15.1 Å². The number of anilines is 1. The van der Waals surface area contributed by atoms with Crippen LogP contribution in [-0.4, -0.2) is 16.0 Å². The van der Waals surface area contributed by atoms with Gasteiger partial charge in [0.1, 0.15) is 11.5 Å². The van der Waals surface area contributed by atoms with E-state index in [0.29, 0.717) is 11.3 Å². The molecule has 0 saturated heterocycles. The third kappa shape index (κ3) is 3.17. The highest BCUT2D eigenvalue weighted by Gasteiger charge is 2.12. The highest BCUT2D eigenvalue weighted by atomic mass is 19.1. The maximum atomic E-state index is 13.7. The van der Waals surface area contributed by atoms with Gasteiger partial charge in [-0.15, -0.1) is 0 Å². The number of nitrogens with one attached hydrogen (secondary N) is 1. The molecule has 0 saturated carbocycles. The van der Waals surface area contributed by atoms with Crippen molar-refractivity contribution in [3.8, 4) is 11.3 Å². The van der Waals surface area contributed by atoms with Crippen LogP contribution in [0, 0.1) is 5.82 Å². The van der Waals surface area contributed by atoms with Crippen LogP contribution in [0.5, 0.6) is 0 Å². The Morgan fingerprint density at radius 2 is 2.09 bits per heavy atom. The summed E-state index contributed by atoms with van der Waals surface area (Å²) in [6.45, 7) is 0. The second-order valence-corrected chi connectivity index (χ2v) is 4.64. The summed E-state index contributed by atoms with van der Waals surface area (Å²) in [6, 6.07) is 11.3. The third-order valence-electron chi connectivity index (χ3n) is 3.01. The molecule has 3 aromatic rings. The van der Waals surface area contributed by atoms with Gasteiger partial charge in [-0.25, -0.2) is 4.39 Å². The molecular formula is C16H12FN3O2. The van der Waals surface area contributed by atoms with Crippen LogP contribution in [0.3, 0.4) is 0 Å². The van der Waals surface area contributed by atoms with E-state index in [2.05, 4.69) is 15.5 Å². The van der Waals surface area contributed by atoms with E-state index in [-0.39, 0.29) is 18.2 Å². The van der Waals surface area contributed by atoms with Crippen molar-refractivity contribution in [2.45, 2.75) is 6.42 Å². The zero-order valence-corrected chi connectivity index (χ0v) is 11.5. The second kappa shape index (κ2) is 6.17. The molecule has 0 aliphatic rings. The highest BCUT2D eigenvalue weighted by Crippen LogP contribution is 2.24. The molecule has 5 nitrogen and oxygen atoms in total. The van der Waals surface area contributed by atoms with Crippen LogP contribution in [0.15, 0.2) is 59.4 Å². The van der Waals surface area contributed by atoms with Crippen LogP contribution in [0.2, 0.25) is 0 Å². The van der Waals surface area contributed by atoms with Gasteiger partial charge >= 0.3 is 0 Å². The predicted octanol–water partition coefficient (Wildman–Crippen LogP) is 3.06. The van der Waals surface area contributed by atoms with E-state index in [9.17, 15) is 9.18 Å². The van der Waals surface area contributed by atoms with Crippen molar-refractivity contribution in [2.75, 3.05) is 5.32 Å². The molecule has 0 radical (unpaired) electrons. The van der Waals surface area contributed by atoms with E-state index in [0.717, 1.165) is 5.56 Å². The molecule has 22 heavy (non-hydrogen) atoms. The normalized spacial score (nSPS) is 10.4. The number of carbonyl (C=O) groups excluding carboxylic acids is 1. The number of halogens is 1. The SMILES string of the molecule is O=C(Cc1cccnc1)Nc1cc(-c2ccccc2F)no1. The lowest BCUT2D eigenvalue weighted by molar-refractivity contribution is -0.115. The van der Waals surface area contributed by atoms with Crippen molar-refractivity contribution in [2.24, 2.45) is 0 Å². The molecule has 2 heterocycles. The minimum absolute atomic E-state index is 0.170. The number of carbonyl (C=O) groups is 1. The molecule has 0 bridgehead atoms. The maximum Gasteiger partial charge on any atom is 0.231 e. The molecule has 0 unspecified atom stereocenters. The van der Waals surface area contributed by atoms with Gasteiger partial charge in [0, 0.05) is 24.0 Å². The van der Waals surface area contributed by atoms with E-state index in [4.69, 9.17) is 4.52 Å². The number of aromatic nitrogens is 2. The largest absolute Gasteiger partial charge is 0.338 e. The number of rotatable bonds is 4. The average Bonchev–Trinajstić information content (AvgIpc) is 2.97. The first-order chi connectivity index (χ1) is 10.7. The smallest absolute Gasteiger partial charge is 0.231 e. The summed E-state index contributed by atoms with van der Waals surface area (Å²) in [5.74, 6) is -0.486. The summed E-state index contributed by atoms with van der Waals surface area (Å²) in [6.07, 6.45) is 3.42. The number of pyridine rings is 1. The van der Waals surface area contributed by atoms with Crippen molar-refractivity contribution in [3.05, 3.63) is 66.2 Å². The van der Waals surface area contributed by atoms with Crippen LogP contribution in [0.1, 0.15) is 5.56 Å². The van der Waals surface area contributed by atoms with Crippen molar-refractivity contribution in [3.63, 3.8) is 0 Å². The van der Waals surface area contributed by atoms with Crippen LogP contribution < -0.4 is 5.32 Å². The molecule has 1 aromatic carbocycles. The number of benzene rings is 1. The number of nitrogens with zero attached hydrogens (tertiary/aromatic N) is 2. The van der Waals surface area contributed by atoms with Gasteiger partial charge in [0.25, 0.3) is 0 Å². The van der Waals surface area contributed by atoms with Gasteiger partial charge in [0.2, 0.25) is 11.8 Å². The van der Waals surface area contributed by atoms with Gasteiger partial charge in [-0.2, -0.15) is 0 Å². The third-order valence-corrected chi connectivity index (χ3v) is 3.01. The summed E-state index contributed by atoms with van der Waals surface area (Å²) < 4.78 is 18.7. The Hall–Kier alpha value is -3.02. The van der Waals surface area contributed by atoms with E-state index in [1.807, 2.05) is 0 Å². The zero-order chi connectivity index (χ0) is 15.4. The molecule has 0 spiro atoms. The van der Waals surface area contributed by atoms with Crippen LogP contribution in [0.4, 0.5) is 10.3 Å². The zero-order valence-electron chi connectivity index (χ0n) is 11.5. The molecule has 0 aliphatic heterocycles. The lowest BCUT2D eigenvalue weighted by atomic mass is 10.1. The predicted molar refractivity (Wildman–Crippen MR) is 78.5 cm³/mol. The molecule has 0 fully saturated rings. The summed E-state index contributed by atoms with van der Waals surface area (Å²) in [5, 5.41) is 6.35. The van der Waals surface area contributed by atoms with Gasteiger partial charge < -0.3 is 4.52 Å². The van der Waals surface area contributed by atoms with E-state index < -0.39 is 5.82 Å². The van der Waals surface area contributed by atoms with Crippen molar-refractivity contribution < 1.29 is 13.7 Å². The summed E-state index contributed by atoms with van der Waals surface area (Å²) >= 11 is 0. The Balaban J connectivity index is 1.70. The fourth-order valence-corrected chi connectivity index (χ4v) is 2.00. The Kier molecular flexibility index (Phi) is 3.91. The fraction of sp³-hybridized carbons (Fsp3) is 0.0625. The Bertz CT molecular complexity index is 787. The number of hydrogen-bond acceptors (Lipinski definition) is 4. The maximum absolute atomic E-state index is 13.7. The topological polar surface area (TPSA) is 68.0 Å². The second-order valence-electron chi connectivity index (χ2n) is 4.64. The molecular weight excluding hydrogens is 285 g/mol. The minimum Gasteiger partial charge on any atom is -0.338 e. The number of amides is 1. The minimum atomic E-state index is -0.399. The summed E-state index contributed by atoms with van der Waals surface area (Å²) in [5.41, 5.74) is 1.43. The van der Waals surface area contributed by atoms with Crippen molar-refractivity contribution in [1.29, 1.82) is 0 Å². The van der Waals surface area contributed by atoms with Crippen molar-refractivity contribution >= 4 is 11.8 Å². The molecule has 2 aromatic heterocycles. The van der Waals surface area contributed by atoms with Gasteiger partial charge in [-0.1, -0.05) is 23.4 Å². The first-order valence-corrected chi connectivity index (χ1v) is 6.63. The fourth-order valence-electron chi connectivity index (χ4n) is 2.00. The van der Waals surface area contributed by atoms with Crippen LogP contribution in [0.25, 0.3) is 11.3 Å². The van der Waals surface area contributed by atoms with Crippen LogP contribution in [-0.2, 0) is 11.2 Å². The standard InChI is InChI=1S/C16H12FN3O2/c17-13-6-2-1-5-12(13)14-9-16(22-20-14)19-15(21)8-11-4-3-7-18-10-11/h1-7,9-10H,8H2,(H,19,21). The van der Waals surface area contributed by atoms with Gasteiger partial charge in [0.15, 0.2) is 0 Å². The molecule has 110 valence electrons. The monoisotopic (exact) mass is 297 g/mol. The van der Waals surface area contributed by atoms with E-state index >= 15 is 0 Å². The summed E-state index contributed by atoms with van der Waals surface area (Å²) in [7, 11) is 0. The molecule has 0 aliphatic carbocycles. The highest BCUT2D eigenvalue weighted by molar-refractivity contribution is 5.91. The Morgan fingerprint density at radius 3 is 2.86 bits per heavy atom. The first kappa shape index (κ1) is 13.9. The quantitative estimate of drug-likeness (QED) is 0.803. The summed E-state index contributed by atoms with van der Waals surface area (Å²) in [4.78, 5) is 15.8. The van der Waals surface area contributed by atoms with E-state index in [1.165, 1.54) is 12.1 Å². The average molecular weight is 297 g/mol. The lowest BCUT2D eigenvalue weighted by Gasteiger charge is -2.00. The Morgan fingerprint density at radius 1 is 1.23 bits per heavy atom. The molecule has 6 heteroatoms. The van der Waals surface area contributed by atoms with Gasteiger partial charge in [0.05, 0.1) is 6.42 Å². The molecule has 3 rings (SSSR count). The number of hydrogen-bond donors (Lipinski definition) is 1. The lowest BCUT2D eigenvalue weighted by Crippen LogP contribution is -2.13. The molecule has 1 N–H and O–H groups in total. The first-order valence-electron chi connectivity index (χ1n) is 6.63. The molecule has 1 amide bonds.